The third-order valence-corrected chi connectivity index (χ3v) is 4.85. The molecule has 7 heteroatoms. The van der Waals surface area contributed by atoms with Gasteiger partial charge in [-0.15, -0.1) is 0 Å². The second kappa shape index (κ2) is 7.51. The lowest BCUT2D eigenvalue weighted by Gasteiger charge is -2.24. The van der Waals surface area contributed by atoms with E-state index in [2.05, 4.69) is 41.1 Å². The van der Waals surface area contributed by atoms with Gasteiger partial charge in [-0.2, -0.15) is 4.98 Å². The van der Waals surface area contributed by atoms with Crippen LogP contribution in [0.15, 0.2) is 9.52 Å². The summed E-state index contributed by atoms with van der Waals surface area (Å²) in [7, 11) is 0. The summed E-state index contributed by atoms with van der Waals surface area (Å²) in [5.74, 6) is 2.71. The number of aromatic nitrogens is 2. The Morgan fingerprint density at radius 3 is 2.96 bits per heavy atom. The molecule has 1 N–H and O–H groups in total. The maximum Gasteiger partial charge on any atom is 0.228 e. The second-order valence-electron chi connectivity index (χ2n) is 7.16. The Bertz CT molecular complexity index is 563. The van der Waals surface area contributed by atoms with Crippen LogP contribution in [0.25, 0.3) is 0 Å². The molecule has 2 fully saturated rings. The van der Waals surface area contributed by atoms with E-state index < -0.39 is 0 Å². The highest BCUT2D eigenvalue weighted by Gasteiger charge is 2.42. The summed E-state index contributed by atoms with van der Waals surface area (Å²) in [6, 6.07) is 0. The Morgan fingerprint density at radius 2 is 2.29 bits per heavy atom. The van der Waals surface area contributed by atoms with Crippen molar-refractivity contribution < 1.29 is 9.26 Å². The smallest absolute Gasteiger partial charge is 0.228 e. The molecule has 134 valence electrons. The van der Waals surface area contributed by atoms with E-state index in [1.807, 2.05) is 0 Å². The van der Waals surface area contributed by atoms with Gasteiger partial charge in [0.2, 0.25) is 5.89 Å². The highest BCUT2D eigenvalue weighted by molar-refractivity contribution is 5.80. The van der Waals surface area contributed by atoms with E-state index in [9.17, 15) is 0 Å². The molecule has 2 aliphatic heterocycles. The number of aliphatic imine (C=N–C) groups is 1. The van der Waals surface area contributed by atoms with E-state index in [0.29, 0.717) is 24.3 Å². The van der Waals surface area contributed by atoms with E-state index in [-0.39, 0.29) is 5.92 Å². The van der Waals surface area contributed by atoms with Gasteiger partial charge >= 0.3 is 0 Å². The summed E-state index contributed by atoms with van der Waals surface area (Å²) >= 11 is 0. The second-order valence-corrected chi connectivity index (χ2v) is 7.16. The molecule has 0 bridgehead atoms. The monoisotopic (exact) mass is 335 g/mol. The third kappa shape index (κ3) is 3.88. The van der Waals surface area contributed by atoms with Gasteiger partial charge in [0.15, 0.2) is 11.8 Å². The Balaban J connectivity index is 1.57. The van der Waals surface area contributed by atoms with Crippen LogP contribution in [-0.2, 0) is 11.2 Å². The number of likely N-dealkylation sites (tertiary alicyclic amines) is 1. The van der Waals surface area contributed by atoms with Gasteiger partial charge < -0.3 is 19.5 Å². The fourth-order valence-corrected chi connectivity index (χ4v) is 3.37. The number of nitrogens with one attached hydrogen (secondary N) is 1. The molecule has 1 atom stereocenters. The van der Waals surface area contributed by atoms with E-state index in [4.69, 9.17) is 14.3 Å². The molecular formula is C17H29N5O2. The largest absolute Gasteiger partial charge is 0.381 e. The molecule has 3 heterocycles. The van der Waals surface area contributed by atoms with Gasteiger partial charge in [-0.1, -0.05) is 19.0 Å². The summed E-state index contributed by atoms with van der Waals surface area (Å²) < 4.78 is 10.9. The van der Waals surface area contributed by atoms with E-state index >= 15 is 0 Å². The van der Waals surface area contributed by atoms with Crippen LogP contribution >= 0.6 is 0 Å². The van der Waals surface area contributed by atoms with Crippen LogP contribution in [0.4, 0.5) is 0 Å². The molecular weight excluding hydrogens is 306 g/mol. The zero-order valence-corrected chi connectivity index (χ0v) is 15.0. The van der Waals surface area contributed by atoms with Crippen molar-refractivity contribution >= 4 is 5.96 Å². The SMILES string of the molecule is CCNC(=NCCc1nc(C(C)C)no1)N1CCC2(CCOC2)C1. The van der Waals surface area contributed by atoms with Crippen LogP contribution in [0.3, 0.4) is 0 Å². The minimum atomic E-state index is 0.290. The van der Waals surface area contributed by atoms with E-state index in [0.717, 1.165) is 44.6 Å². The summed E-state index contributed by atoms with van der Waals surface area (Å²) in [4.78, 5) is 11.5. The molecule has 24 heavy (non-hydrogen) atoms. The first-order valence-corrected chi connectivity index (χ1v) is 9.05. The number of nitrogens with zero attached hydrogens (tertiary/aromatic N) is 4. The quantitative estimate of drug-likeness (QED) is 0.653. The molecule has 0 saturated carbocycles. The normalized spacial score (nSPS) is 24.5. The number of hydrogen-bond donors (Lipinski definition) is 1. The molecule has 0 radical (unpaired) electrons. The minimum absolute atomic E-state index is 0.290. The molecule has 1 aromatic rings. The average molecular weight is 335 g/mol. The maximum atomic E-state index is 5.62. The minimum Gasteiger partial charge on any atom is -0.381 e. The van der Waals surface area contributed by atoms with Gasteiger partial charge in [0, 0.05) is 44.0 Å². The zero-order valence-electron chi connectivity index (χ0n) is 15.0. The lowest BCUT2D eigenvalue weighted by Crippen LogP contribution is -2.41. The molecule has 3 rings (SSSR count). The first kappa shape index (κ1) is 17.2. The van der Waals surface area contributed by atoms with Gasteiger partial charge in [0.05, 0.1) is 13.2 Å². The third-order valence-electron chi connectivity index (χ3n) is 4.85. The van der Waals surface area contributed by atoms with E-state index in [1.165, 1.54) is 12.8 Å². The van der Waals surface area contributed by atoms with Crippen molar-refractivity contribution in [1.29, 1.82) is 0 Å². The fraction of sp³-hybridized carbons (Fsp3) is 0.824. The average Bonchev–Trinajstić information content (AvgIpc) is 3.29. The summed E-state index contributed by atoms with van der Waals surface area (Å²) in [6.07, 6.45) is 3.04. The van der Waals surface area contributed by atoms with Crippen LogP contribution in [0.5, 0.6) is 0 Å². The molecule has 1 spiro atoms. The molecule has 0 aromatic carbocycles. The predicted molar refractivity (Wildman–Crippen MR) is 92.1 cm³/mol. The van der Waals surface area contributed by atoms with Crippen molar-refractivity contribution in [3.63, 3.8) is 0 Å². The van der Waals surface area contributed by atoms with Crippen molar-refractivity contribution in [2.24, 2.45) is 10.4 Å². The Morgan fingerprint density at radius 1 is 1.42 bits per heavy atom. The molecule has 7 nitrogen and oxygen atoms in total. The van der Waals surface area contributed by atoms with Crippen LogP contribution in [0, 0.1) is 5.41 Å². The maximum absolute atomic E-state index is 5.62. The van der Waals surface area contributed by atoms with Crippen LogP contribution in [0.2, 0.25) is 0 Å². The van der Waals surface area contributed by atoms with Gasteiger partial charge in [-0.05, 0) is 19.8 Å². The van der Waals surface area contributed by atoms with Crippen LogP contribution in [-0.4, -0.2) is 60.4 Å². The van der Waals surface area contributed by atoms with Crippen molar-refractivity contribution in [2.45, 2.75) is 46.0 Å². The van der Waals surface area contributed by atoms with Crippen molar-refractivity contribution in [2.75, 3.05) is 39.4 Å². The number of rotatable bonds is 5. The van der Waals surface area contributed by atoms with Crippen molar-refractivity contribution in [3.8, 4) is 0 Å². The van der Waals surface area contributed by atoms with Gasteiger partial charge in [0.25, 0.3) is 0 Å². The summed E-state index contributed by atoms with van der Waals surface area (Å²) in [5, 5.41) is 7.41. The first-order valence-electron chi connectivity index (χ1n) is 9.05. The molecule has 0 amide bonds. The highest BCUT2D eigenvalue weighted by atomic mass is 16.5. The zero-order chi connectivity index (χ0) is 17.0. The lowest BCUT2D eigenvalue weighted by atomic mass is 9.87. The lowest BCUT2D eigenvalue weighted by molar-refractivity contribution is 0.156. The predicted octanol–water partition coefficient (Wildman–Crippen LogP) is 1.81. The Labute approximate surface area is 143 Å². The van der Waals surface area contributed by atoms with Crippen LogP contribution in [0.1, 0.15) is 51.2 Å². The summed E-state index contributed by atoms with van der Waals surface area (Å²) in [5.41, 5.74) is 0.342. The van der Waals surface area contributed by atoms with Crippen molar-refractivity contribution in [1.82, 2.24) is 20.4 Å². The van der Waals surface area contributed by atoms with Crippen molar-refractivity contribution in [3.05, 3.63) is 11.7 Å². The molecule has 2 saturated heterocycles. The molecule has 0 aliphatic carbocycles. The molecule has 1 aromatic heterocycles. The highest BCUT2D eigenvalue weighted by Crippen LogP contribution is 2.38. The van der Waals surface area contributed by atoms with Gasteiger partial charge in [-0.3, -0.25) is 4.99 Å². The van der Waals surface area contributed by atoms with E-state index in [1.54, 1.807) is 0 Å². The number of ether oxygens (including phenoxy) is 1. The first-order chi connectivity index (χ1) is 11.6. The number of hydrogen-bond acceptors (Lipinski definition) is 5. The Kier molecular flexibility index (Phi) is 5.38. The molecule has 2 aliphatic rings. The Hall–Kier alpha value is -1.63. The van der Waals surface area contributed by atoms with Crippen LogP contribution < -0.4 is 5.32 Å². The standard InChI is InChI=1S/C17H29N5O2/c1-4-18-16(22-9-6-17(11-22)7-10-23-12-17)19-8-5-14-20-15(13(2)3)21-24-14/h13H,4-12H2,1-3H3,(H,18,19). The topological polar surface area (TPSA) is 75.8 Å². The summed E-state index contributed by atoms with van der Waals surface area (Å²) in [6.45, 7) is 11.6. The fourth-order valence-electron chi connectivity index (χ4n) is 3.37. The van der Waals surface area contributed by atoms with Gasteiger partial charge in [-0.25, -0.2) is 0 Å². The number of guanidine groups is 1. The molecule has 1 unspecified atom stereocenters. The van der Waals surface area contributed by atoms with Gasteiger partial charge in [0.1, 0.15) is 0 Å².